The summed E-state index contributed by atoms with van der Waals surface area (Å²) < 4.78 is 6.19. The highest BCUT2D eigenvalue weighted by Gasteiger charge is 2.28. The predicted octanol–water partition coefficient (Wildman–Crippen LogP) is 3.96. The van der Waals surface area contributed by atoms with Crippen LogP contribution in [0.5, 0.6) is 0 Å². The summed E-state index contributed by atoms with van der Waals surface area (Å²) in [7, 11) is 0. The molecule has 1 amide bonds. The van der Waals surface area contributed by atoms with Gasteiger partial charge in [0, 0.05) is 22.4 Å². The molecule has 0 bridgehead atoms. The molecule has 2 heterocycles. The van der Waals surface area contributed by atoms with Gasteiger partial charge in [0.1, 0.15) is 11.1 Å². The Labute approximate surface area is 137 Å². The molecule has 4 nitrogen and oxygen atoms in total. The number of carbonyl (C=O) groups is 1. The number of hydrogen-bond donors (Lipinski definition) is 0. The van der Waals surface area contributed by atoms with E-state index in [0.29, 0.717) is 12.1 Å². The second-order valence-electron chi connectivity index (χ2n) is 5.69. The maximum atomic E-state index is 12.8. The maximum absolute atomic E-state index is 12.8. The Kier molecular flexibility index (Phi) is 4.34. The van der Waals surface area contributed by atoms with Gasteiger partial charge in [-0.15, -0.1) is 0 Å². The minimum atomic E-state index is -0.555. The number of benzene rings is 1. The molecule has 0 radical (unpaired) electrons. The van der Waals surface area contributed by atoms with Gasteiger partial charge in [-0.1, -0.05) is 22.9 Å². The Balaban J connectivity index is 2.03. The minimum absolute atomic E-state index is 0.131. The van der Waals surface area contributed by atoms with Gasteiger partial charge in [0.2, 0.25) is 0 Å². The van der Waals surface area contributed by atoms with Crippen LogP contribution < -0.4 is 5.63 Å². The van der Waals surface area contributed by atoms with Gasteiger partial charge in [-0.05, 0) is 49.9 Å². The van der Waals surface area contributed by atoms with Crippen LogP contribution in [0.25, 0.3) is 11.0 Å². The fourth-order valence-electron chi connectivity index (χ4n) is 3.09. The number of amides is 1. The summed E-state index contributed by atoms with van der Waals surface area (Å²) in [6.07, 6.45) is 4.05. The van der Waals surface area contributed by atoms with Crippen molar-refractivity contribution in [3.63, 3.8) is 0 Å². The van der Waals surface area contributed by atoms with Gasteiger partial charge in [0.25, 0.3) is 5.91 Å². The van der Waals surface area contributed by atoms with Crippen LogP contribution in [0, 0.1) is 0 Å². The first-order valence-electron chi connectivity index (χ1n) is 7.64. The summed E-state index contributed by atoms with van der Waals surface area (Å²) in [5, 5.41) is 0.752. The molecule has 1 atom stereocenters. The number of halogens is 1. The van der Waals surface area contributed by atoms with Crippen LogP contribution in [0.2, 0.25) is 0 Å². The fraction of sp³-hybridized carbons (Fsp3) is 0.412. The summed E-state index contributed by atoms with van der Waals surface area (Å²) in [5.74, 6) is -0.206. The van der Waals surface area contributed by atoms with Crippen LogP contribution in [0.15, 0.2) is 37.9 Å². The van der Waals surface area contributed by atoms with Crippen molar-refractivity contribution in [3.05, 3.63) is 44.7 Å². The van der Waals surface area contributed by atoms with Gasteiger partial charge in [0.05, 0.1) is 0 Å². The van der Waals surface area contributed by atoms with Crippen LogP contribution in [-0.4, -0.2) is 23.4 Å². The molecule has 1 aromatic carbocycles. The molecule has 1 aromatic heterocycles. The number of likely N-dealkylation sites (tertiary alicyclic amines) is 1. The van der Waals surface area contributed by atoms with Gasteiger partial charge in [-0.2, -0.15) is 0 Å². The van der Waals surface area contributed by atoms with Crippen LogP contribution in [0.4, 0.5) is 0 Å². The first kappa shape index (κ1) is 15.3. The molecule has 1 saturated heterocycles. The van der Waals surface area contributed by atoms with Gasteiger partial charge >= 0.3 is 5.63 Å². The highest BCUT2D eigenvalue weighted by molar-refractivity contribution is 9.10. The monoisotopic (exact) mass is 363 g/mol. The first-order valence-corrected chi connectivity index (χ1v) is 8.44. The molecule has 1 aliphatic heterocycles. The molecule has 5 heteroatoms. The molecule has 0 unspecified atom stereocenters. The van der Waals surface area contributed by atoms with E-state index >= 15 is 0 Å². The Bertz CT molecular complexity index is 768. The lowest BCUT2D eigenvalue weighted by molar-refractivity contribution is 0.0604. The Morgan fingerprint density at radius 3 is 2.95 bits per heavy atom. The zero-order valence-corrected chi connectivity index (χ0v) is 14.1. The van der Waals surface area contributed by atoms with Crippen molar-refractivity contribution in [2.75, 3.05) is 6.54 Å². The lowest BCUT2D eigenvalue weighted by Crippen LogP contribution is -2.44. The highest BCUT2D eigenvalue weighted by Crippen LogP contribution is 2.23. The average Bonchev–Trinajstić information content (AvgIpc) is 2.54. The summed E-state index contributed by atoms with van der Waals surface area (Å²) in [5.41, 5.74) is 0.0710. The molecule has 0 spiro atoms. The molecular formula is C17H18BrNO3. The normalized spacial score (nSPS) is 18.6. The van der Waals surface area contributed by atoms with Crippen LogP contribution >= 0.6 is 15.9 Å². The van der Waals surface area contributed by atoms with E-state index in [0.717, 1.165) is 35.5 Å². The molecule has 0 saturated carbocycles. The Hall–Kier alpha value is -1.62. The van der Waals surface area contributed by atoms with Crippen molar-refractivity contribution in [2.45, 2.75) is 38.6 Å². The second-order valence-corrected chi connectivity index (χ2v) is 6.60. The van der Waals surface area contributed by atoms with Gasteiger partial charge < -0.3 is 9.32 Å². The summed E-state index contributed by atoms with van der Waals surface area (Å²) in [4.78, 5) is 26.8. The smallest absolute Gasteiger partial charge is 0.349 e. The molecule has 1 aliphatic rings. The number of piperidine rings is 1. The minimum Gasteiger partial charge on any atom is -0.422 e. The maximum Gasteiger partial charge on any atom is 0.349 e. The summed E-state index contributed by atoms with van der Waals surface area (Å²) in [6, 6.07) is 7.26. The van der Waals surface area contributed by atoms with E-state index in [1.807, 2.05) is 17.0 Å². The van der Waals surface area contributed by atoms with Crippen molar-refractivity contribution in [1.29, 1.82) is 0 Å². The van der Waals surface area contributed by atoms with E-state index < -0.39 is 5.63 Å². The standard InChI is InChI=1S/C17H18BrNO3/c1-2-13-5-3-4-8-19(13)16(20)14-10-11-9-12(18)6-7-15(11)22-17(14)21/h6-7,9-10,13H,2-5,8H2,1H3/t13-/m0/s1. The molecule has 0 N–H and O–H groups in total. The third-order valence-electron chi connectivity index (χ3n) is 4.28. The zero-order valence-electron chi connectivity index (χ0n) is 12.5. The van der Waals surface area contributed by atoms with Gasteiger partial charge in [0.15, 0.2) is 0 Å². The van der Waals surface area contributed by atoms with E-state index in [1.165, 1.54) is 0 Å². The molecule has 116 valence electrons. The molecule has 3 rings (SSSR count). The number of rotatable bonds is 2. The van der Waals surface area contributed by atoms with Crippen LogP contribution in [0.1, 0.15) is 43.0 Å². The lowest BCUT2D eigenvalue weighted by Gasteiger charge is -2.35. The quantitative estimate of drug-likeness (QED) is 0.758. The average molecular weight is 364 g/mol. The summed E-state index contributed by atoms with van der Waals surface area (Å²) >= 11 is 3.39. The SMILES string of the molecule is CC[C@H]1CCCCN1C(=O)c1cc2cc(Br)ccc2oc1=O. The van der Waals surface area contributed by atoms with Crippen molar-refractivity contribution in [1.82, 2.24) is 4.90 Å². The van der Waals surface area contributed by atoms with Crippen molar-refractivity contribution >= 4 is 32.8 Å². The second kappa shape index (κ2) is 6.24. The highest BCUT2D eigenvalue weighted by atomic mass is 79.9. The molecule has 0 aliphatic carbocycles. The predicted molar refractivity (Wildman–Crippen MR) is 89.2 cm³/mol. The van der Waals surface area contributed by atoms with Crippen molar-refractivity contribution in [3.8, 4) is 0 Å². The molecule has 22 heavy (non-hydrogen) atoms. The Morgan fingerprint density at radius 1 is 1.36 bits per heavy atom. The number of carbonyl (C=O) groups excluding carboxylic acids is 1. The largest absolute Gasteiger partial charge is 0.422 e. The van der Waals surface area contributed by atoms with E-state index in [-0.39, 0.29) is 17.5 Å². The van der Waals surface area contributed by atoms with Crippen molar-refractivity contribution < 1.29 is 9.21 Å². The first-order chi connectivity index (χ1) is 10.6. The molecule has 2 aromatic rings. The van der Waals surface area contributed by atoms with E-state index in [2.05, 4.69) is 22.9 Å². The van der Waals surface area contributed by atoms with Gasteiger partial charge in [-0.25, -0.2) is 4.79 Å². The van der Waals surface area contributed by atoms with Crippen LogP contribution in [0.3, 0.4) is 0 Å². The van der Waals surface area contributed by atoms with Crippen molar-refractivity contribution in [2.24, 2.45) is 0 Å². The molecular weight excluding hydrogens is 346 g/mol. The lowest BCUT2D eigenvalue weighted by atomic mass is 9.99. The molecule has 1 fully saturated rings. The number of hydrogen-bond acceptors (Lipinski definition) is 3. The zero-order chi connectivity index (χ0) is 15.7. The topological polar surface area (TPSA) is 50.5 Å². The Morgan fingerprint density at radius 2 is 2.18 bits per heavy atom. The van der Waals surface area contributed by atoms with Crippen LogP contribution in [-0.2, 0) is 0 Å². The van der Waals surface area contributed by atoms with E-state index in [1.54, 1.807) is 12.1 Å². The third-order valence-corrected chi connectivity index (χ3v) is 4.78. The summed E-state index contributed by atoms with van der Waals surface area (Å²) in [6.45, 7) is 2.80. The van der Waals surface area contributed by atoms with E-state index in [9.17, 15) is 9.59 Å². The number of nitrogens with zero attached hydrogens (tertiary/aromatic N) is 1. The number of fused-ring (bicyclic) bond motifs is 1. The van der Waals surface area contributed by atoms with E-state index in [4.69, 9.17) is 4.42 Å². The van der Waals surface area contributed by atoms with Gasteiger partial charge in [-0.3, -0.25) is 4.79 Å². The fourth-order valence-corrected chi connectivity index (χ4v) is 3.47. The third kappa shape index (κ3) is 2.82.